The van der Waals surface area contributed by atoms with Crippen LogP contribution in [0.2, 0.25) is 5.02 Å². The number of amides is 1. The van der Waals surface area contributed by atoms with Crippen LogP contribution in [0.4, 0.5) is 5.69 Å². The molecule has 0 aliphatic rings. The third-order valence-electron chi connectivity index (χ3n) is 2.32. The molecule has 1 aromatic carbocycles. The summed E-state index contributed by atoms with van der Waals surface area (Å²) in [5.74, 6) is -0.480. The van der Waals surface area contributed by atoms with Crippen LogP contribution in [0.25, 0.3) is 0 Å². The Bertz CT molecular complexity index is 474. The molecular weight excluding hydrogens is 258 g/mol. The van der Waals surface area contributed by atoms with Crippen LogP contribution in [0.1, 0.15) is 19.4 Å². The largest absolute Gasteiger partial charge is 0.389 e. The Kier molecular flexibility index (Phi) is 3.95. The van der Waals surface area contributed by atoms with Gasteiger partial charge >= 0.3 is 0 Å². The number of nitrogens with one attached hydrogen (secondary N) is 1. The van der Waals surface area contributed by atoms with Crippen molar-refractivity contribution in [3.05, 3.63) is 28.8 Å². The topological polar surface area (TPSA) is 81.1 Å². The van der Waals surface area contributed by atoms with Crippen molar-refractivity contribution in [1.82, 2.24) is 0 Å². The standard InChI is InChI=1S/C11H14ClN3OS/c1-11(2,10(14)16)15-7-5-3-4-6(12)8(7)9(13)17/h3-5,15H,1-2H3,(H2,13,17)(H2,14,16). The quantitative estimate of drug-likeness (QED) is 0.728. The highest BCUT2D eigenvalue weighted by Crippen LogP contribution is 2.26. The molecule has 0 spiro atoms. The van der Waals surface area contributed by atoms with E-state index in [4.69, 9.17) is 35.3 Å². The van der Waals surface area contributed by atoms with Crippen LogP contribution < -0.4 is 16.8 Å². The molecule has 0 radical (unpaired) electrons. The van der Waals surface area contributed by atoms with Crippen molar-refractivity contribution in [3.63, 3.8) is 0 Å². The lowest BCUT2D eigenvalue weighted by Crippen LogP contribution is -2.45. The molecule has 0 bridgehead atoms. The molecule has 0 aliphatic heterocycles. The van der Waals surface area contributed by atoms with Crippen LogP contribution in [0, 0.1) is 0 Å². The molecule has 1 rings (SSSR count). The molecule has 0 heterocycles. The maximum Gasteiger partial charge on any atom is 0.242 e. The third kappa shape index (κ3) is 3.08. The van der Waals surface area contributed by atoms with Gasteiger partial charge in [-0.1, -0.05) is 29.9 Å². The van der Waals surface area contributed by atoms with E-state index in [-0.39, 0.29) is 4.99 Å². The van der Waals surface area contributed by atoms with E-state index in [0.29, 0.717) is 16.3 Å². The number of primary amides is 1. The Morgan fingerprint density at radius 3 is 2.47 bits per heavy atom. The van der Waals surface area contributed by atoms with Crippen LogP contribution >= 0.6 is 23.8 Å². The van der Waals surface area contributed by atoms with E-state index >= 15 is 0 Å². The summed E-state index contributed by atoms with van der Waals surface area (Å²) in [6.45, 7) is 3.33. The molecule has 0 unspecified atom stereocenters. The lowest BCUT2D eigenvalue weighted by Gasteiger charge is -2.25. The SMILES string of the molecule is CC(C)(Nc1cccc(Cl)c1C(N)=S)C(N)=O. The molecule has 0 saturated carbocycles. The van der Waals surface area contributed by atoms with E-state index in [1.807, 2.05) is 0 Å². The smallest absolute Gasteiger partial charge is 0.242 e. The van der Waals surface area contributed by atoms with Gasteiger partial charge in [0, 0.05) is 5.69 Å². The summed E-state index contributed by atoms with van der Waals surface area (Å²) in [5, 5.41) is 3.42. The highest BCUT2D eigenvalue weighted by Gasteiger charge is 2.26. The number of carbonyl (C=O) groups excluding carboxylic acids is 1. The third-order valence-corrected chi connectivity index (χ3v) is 2.84. The summed E-state index contributed by atoms with van der Waals surface area (Å²) in [6.07, 6.45) is 0. The van der Waals surface area contributed by atoms with Crippen LogP contribution in [-0.4, -0.2) is 16.4 Å². The van der Waals surface area contributed by atoms with Gasteiger partial charge in [-0.15, -0.1) is 0 Å². The maximum atomic E-state index is 11.3. The van der Waals surface area contributed by atoms with Gasteiger partial charge in [-0.05, 0) is 26.0 Å². The van der Waals surface area contributed by atoms with E-state index in [1.54, 1.807) is 32.0 Å². The molecule has 0 saturated heterocycles. The lowest BCUT2D eigenvalue weighted by molar-refractivity contribution is -0.121. The predicted octanol–water partition coefficient (Wildman–Crippen LogP) is 1.65. The van der Waals surface area contributed by atoms with Crippen molar-refractivity contribution in [2.75, 3.05) is 5.32 Å². The van der Waals surface area contributed by atoms with Gasteiger partial charge in [0.25, 0.3) is 0 Å². The molecule has 5 N–H and O–H groups in total. The minimum Gasteiger partial charge on any atom is -0.389 e. The second-order valence-corrected chi connectivity index (χ2v) is 4.99. The molecule has 0 aromatic heterocycles. The Morgan fingerprint density at radius 1 is 1.41 bits per heavy atom. The predicted molar refractivity (Wildman–Crippen MR) is 74.2 cm³/mol. The molecule has 0 atom stereocenters. The number of hydrogen-bond donors (Lipinski definition) is 3. The molecule has 4 nitrogen and oxygen atoms in total. The van der Waals surface area contributed by atoms with Gasteiger partial charge in [0.2, 0.25) is 5.91 Å². The van der Waals surface area contributed by atoms with Crippen molar-refractivity contribution in [2.45, 2.75) is 19.4 Å². The number of halogens is 1. The summed E-state index contributed by atoms with van der Waals surface area (Å²) in [6, 6.07) is 5.16. The van der Waals surface area contributed by atoms with Crippen LogP contribution in [0.15, 0.2) is 18.2 Å². The van der Waals surface area contributed by atoms with Crippen molar-refractivity contribution in [1.29, 1.82) is 0 Å². The monoisotopic (exact) mass is 271 g/mol. The summed E-state index contributed by atoms with van der Waals surface area (Å²) < 4.78 is 0. The first-order valence-electron chi connectivity index (χ1n) is 4.92. The van der Waals surface area contributed by atoms with E-state index in [2.05, 4.69) is 5.32 Å². The molecule has 92 valence electrons. The van der Waals surface area contributed by atoms with Gasteiger partial charge in [-0.3, -0.25) is 4.79 Å². The van der Waals surface area contributed by atoms with Crippen LogP contribution in [0.5, 0.6) is 0 Å². The first kappa shape index (κ1) is 13.7. The Balaban J connectivity index is 3.20. The van der Waals surface area contributed by atoms with Crippen molar-refractivity contribution >= 4 is 40.4 Å². The fraction of sp³-hybridized carbons (Fsp3) is 0.273. The van der Waals surface area contributed by atoms with Gasteiger partial charge in [0.1, 0.15) is 10.5 Å². The molecule has 0 aliphatic carbocycles. The minimum atomic E-state index is -0.912. The number of benzene rings is 1. The number of rotatable bonds is 4. The molecule has 1 aromatic rings. The maximum absolute atomic E-state index is 11.3. The number of anilines is 1. The molecule has 0 fully saturated rings. The van der Waals surface area contributed by atoms with Crippen LogP contribution in [0.3, 0.4) is 0 Å². The van der Waals surface area contributed by atoms with Crippen molar-refractivity contribution < 1.29 is 4.79 Å². The molecule has 17 heavy (non-hydrogen) atoms. The molecule has 1 amide bonds. The normalized spacial score (nSPS) is 11.0. The zero-order valence-corrected chi connectivity index (χ0v) is 11.2. The van der Waals surface area contributed by atoms with Crippen molar-refractivity contribution in [2.24, 2.45) is 11.5 Å². The van der Waals surface area contributed by atoms with E-state index in [9.17, 15) is 4.79 Å². The van der Waals surface area contributed by atoms with Gasteiger partial charge in [0.05, 0.1) is 10.6 Å². The van der Waals surface area contributed by atoms with Gasteiger partial charge < -0.3 is 16.8 Å². The number of thiocarbonyl (C=S) groups is 1. The average Bonchev–Trinajstić information content (AvgIpc) is 2.15. The van der Waals surface area contributed by atoms with Gasteiger partial charge in [-0.25, -0.2) is 0 Å². The zero-order valence-electron chi connectivity index (χ0n) is 9.58. The fourth-order valence-electron chi connectivity index (χ4n) is 1.28. The summed E-state index contributed by atoms with van der Waals surface area (Å²) in [4.78, 5) is 11.4. The van der Waals surface area contributed by atoms with Gasteiger partial charge in [-0.2, -0.15) is 0 Å². The van der Waals surface area contributed by atoms with E-state index in [1.165, 1.54) is 0 Å². The summed E-state index contributed by atoms with van der Waals surface area (Å²) in [7, 11) is 0. The summed E-state index contributed by atoms with van der Waals surface area (Å²) >= 11 is 10.9. The highest BCUT2D eigenvalue weighted by molar-refractivity contribution is 7.80. The number of nitrogens with two attached hydrogens (primary N) is 2. The number of hydrogen-bond acceptors (Lipinski definition) is 3. The highest BCUT2D eigenvalue weighted by atomic mass is 35.5. The minimum absolute atomic E-state index is 0.165. The van der Waals surface area contributed by atoms with Gasteiger partial charge in [0.15, 0.2) is 0 Å². The Labute approximate surface area is 110 Å². The fourth-order valence-corrected chi connectivity index (χ4v) is 1.83. The average molecular weight is 272 g/mol. The zero-order chi connectivity index (χ0) is 13.2. The van der Waals surface area contributed by atoms with Crippen LogP contribution in [-0.2, 0) is 4.79 Å². The first-order valence-corrected chi connectivity index (χ1v) is 5.70. The lowest BCUT2D eigenvalue weighted by atomic mass is 10.0. The number of carbonyl (C=O) groups is 1. The second kappa shape index (κ2) is 4.89. The van der Waals surface area contributed by atoms with Crippen molar-refractivity contribution in [3.8, 4) is 0 Å². The molecule has 6 heteroatoms. The molecular formula is C11H14ClN3OS. The Morgan fingerprint density at radius 2 is 2.00 bits per heavy atom. The first-order chi connectivity index (χ1) is 7.75. The second-order valence-electron chi connectivity index (χ2n) is 4.14. The van der Waals surface area contributed by atoms with E-state index < -0.39 is 11.4 Å². The summed E-state index contributed by atoms with van der Waals surface area (Å²) in [5.41, 5.74) is 11.1. The Hall–Kier alpha value is -1.33. The van der Waals surface area contributed by atoms with E-state index in [0.717, 1.165) is 0 Å².